The van der Waals surface area contributed by atoms with E-state index < -0.39 is 24.3 Å². The van der Waals surface area contributed by atoms with E-state index in [-0.39, 0.29) is 29.7 Å². The predicted octanol–water partition coefficient (Wildman–Crippen LogP) is 0.956. The molecule has 0 spiro atoms. The summed E-state index contributed by atoms with van der Waals surface area (Å²) < 4.78 is 38.0. The second-order valence-corrected chi connectivity index (χ2v) is 4.81. The summed E-state index contributed by atoms with van der Waals surface area (Å²) in [5, 5.41) is 8.80. The van der Waals surface area contributed by atoms with Crippen LogP contribution < -0.4 is 5.69 Å². The van der Waals surface area contributed by atoms with Crippen LogP contribution in [0.1, 0.15) is 10.4 Å². The van der Waals surface area contributed by atoms with Crippen molar-refractivity contribution in [2.24, 2.45) is 0 Å². The molecule has 6 nitrogen and oxygen atoms in total. The molecule has 2 rings (SSSR count). The van der Waals surface area contributed by atoms with Gasteiger partial charge in [0.1, 0.15) is 6.54 Å². The quantitative estimate of drug-likeness (QED) is 0.881. The van der Waals surface area contributed by atoms with E-state index >= 15 is 0 Å². The summed E-state index contributed by atoms with van der Waals surface area (Å²) in [7, 11) is 1.49. The number of carbonyl (C=O) groups is 1. The van der Waals surface area contributed by atoms with Gasteiger partial charge in [-0.25, -0.2) is 4.79 Å². The molecule has 1 amide bonds. The molecule has 9 heteroatoms. The minimum absolute atomic E-state index is 0.0729. The zero-order valence-electron chi connectivity index (χ0n) is 11.6. The van der Waals surface area contributed by atoms with E-state index in [4.69, 9.17) is 5.11 Å². The molecule has 0 unspecified atom stereocenters. The molecule has 120 valence electrons. The Balaban J connectivity index is 2.41. The maximum Gasteiger partial charge on any atom is 0.406 e. The molecule has 0 saturated heterocycles. The van der Waals surface area contributed by atoms with E-state index in [1.54, 1.807) is 0 Å². The smallest absolute Gasteiger partial charge is 0.395 e. The van der Waals surface area contributed by atoms with Crippen molar-refractivity contribution in [3.8, 4) is 0 Å². The van der Waals surface area contributed by atoms with Gasteiger partial charge in [-0.15, -0.1) is 0 Å². The Morgan fingerprint density at radius 3 is 2.68 bits per heavy atom. The number of H-pyrrole nitrogens is 1. The maximum absolute atomic E-state index is 12.5. The molecule has 2 aromatic rings. The van der Waals surface area contributed by atoms with Gasteiger partial charge in [0.05, 0.1) is 17.6 Å². The van der Waals surface area contributed by atoms with Crippen molar-refractivity contribution in [3.63, 3.8) is 0 Å². The summed E-state index contributed by atoms with van der Waals surface area (Å²) >= 11 is 0. The number of carbonyl (C=O) groups excluding carboxylic acids is 1. The highest BCUT2D eigenvalue weighted by Gasteiger charge is 2.29. The molecular weight excluding hydrogens is 303 g/mol. The number of aliphatic hydroxyl groups excluding tert-OH is 1. The van der Waals surface area contributed by atoms with Gasteiger partial charge in [0.15, 0.2) is 0 Å². The Bertz CT molecular complexity index is 748. The van der Waals surface area contributed by atoms with E-state index in [9.17, 15) is 22.8 Å². The van der Waals surface area contributed by atoms with E-state index in [0.29, 0.717) is 4.57 Å². The molecule has 2 N–H and O–H groups in total. The van der Waals surface area contributed by atoms with Gasteiger partial charge in [-0.05, 0) is 18.2 Å². The molecule has 1 aromatic heterocycles. The van der Waals surface area contributed by atoms with Gasteiger partial charge in [0, 0.05) is 19.2 Å². The minimum Gasteiger partial charge on any atom is -0.395 e. The van der Waals surface area contributed by atoms with Gasteiger partial charge < -0.3 is 15.0 Å². The first-order valence-corrected chi connectivity index (χ1v) is 6.38. The summed E-state index contributed by atoms with van der Waals surface area (Å²) in [5.41, 5.74) is -0.453. The second-order valence-electron chi connectivity index (χ2n) is 4.81. The monoisotopic (exact) mass is 317 g/mol. The molecule has 1 aromatic carbocycles. The Morgan fingerprint density at radius 2 is 2.09 bits per heavy atom. The van der Waals surface area contributed by atoms with Gasteiger partial charge in [0.2, 0.25) is 0 Å². The number of nitrogens with one attached hydrogen (secondary N) is 1. The summed E-state index contributed by atoms with van der Waals surface area (Å²) in [6.45, 7) is -1.48. The van der Waals surface area contributed by atoms with E-state index in [0.717, 1.165) is 0 Å². The van der Waals surface area contributed by atoms with Crippen molar-refractivity contribution in [2.45, 2.75) is 12.7 Å². The number of amides is 1. The highest BCUT2D eigenvalue weighted by Crippen LogP contribution is 2.20. The standard InChI is InChI=1S/C13H14F3N3O3/c1-18(4-5-20)11(21)8-2-3-10-9(6-8)17-12(22)19(10)7-13(14,15)16/h2-3,6,20H,4-5,7H2,1H3,(H,17,22). The van der Waals surface area contributed by atoms with Gasteiger partial charge in [-0.1, -0.05) is 0 Å². The van der Waals surface area contributed by atoms with Gasteiger partial charge >= 0.3 is 11.9 Å². The van der Waals surface area contributed by atoms with Gasteiger partial charge in [0.25, 0.3) is 5.91 Å². The van der Waals surface area contributed by atoms with E-state index in [1.807, 2.05) is 0 Å². The third-order valence-electron chi connectivity index (χ3n) is 3.14. The molecule has 0 aliphatic carbocycles. The number of hydrogen-bond acceptors (Lipinski definition) is 3. The third-order valence-corrected chi connectivity index (χ3v) is 3.14. The third kappa shape index (κ3) is 3.30. The average Bonchev–Trinajstić information content (AvgIpc) is 2.72. The number of imidazole rings is 1. The van der Waals surface area contributed by atoms with Crippen molar-refractivity contribution in [1.29, 1.82) is 0 Å². The molecule has 0 radical (unpaired) electrons. The summed E-state index contributed by atoms with van der Waals surface area (Å²) in [6, 6.07) is 3.96. The number of nitrogens with zero attached hydrogens (tertiary/aromatic N) is 2. The fourth-order valence-corrected chi connectivity index (χ4v) is 2.10. The highest BCUT2D eigenvalue weighted by atomic mass is 19.4. The largest absolute Gasteiger partial charge is 0.406 e. The number of benzene rings is 1. The summed E-state index contributed by atoms with van der Waals surface area (Å²) in [5.74, 6) is -0.402. The molecule has 0 bridgehead atoms. The molecule has 0 aliphatic heterocycles. The van der Waals surface area contributed by atoms with Crippen molar-refractivity contribution in [2.75, 3.05) is 20.2 Å². The van der Waals surface area contributed by atoms with Gasteiger partial charge in [-0.3, -0.25) is 9.36 Å². The number of rotatable bonds is 4. The fraction of sp³-hybridized carbons (Fsp3) is 0.385. The number of fused-ring (bicyclic) bond motifs is 1. The Kier molecular flexibility index (Phi) is 4.27. The number of halogens is 3. The Morgan fingerprint density at radius 1 is 1.41 bits per heavy atom. The van der Waals surface area contributed by atoms with Crippen LogP contribution in [0.2, 0.25) is 0 Å². The summed E-state index contributed by atoms with van der Waals surface area (Å²) in [4.78, 5) is 27.2. The van der Waals surface area contributed by atoms with Crippen molar-refractivity contribution in [3.05, 3.63) is 34.2 Å². The van der Waals surface area contributed by atoms with Crippen LogP contribution in [-0.4, -0.2) is 51.8 Å². The first-order valence-electron chi connectivity index (χ1n) is 6.38. The number of aliphatic hydroxyl groups is 1. The highest BCUT2D eigenvalue weighted by molar-refractivity contribution is 5.97. The van der Waals surface area contributed by atoms with Crippen LogP contribution in [0.15, 0.2) is 23.0 Å². The summed E-state index contributed by atoms with van der Waals surface area (Å²) in [6.07, 6.45) is -4.52. The number of hydrogen-bond donors (Lipinski definition) is 2. The molecule has 0 aliphatic rings. The molecule has 0 fully saturated rings. The number of aromatic amines is 1. The SMILES string of the molecule is CN(CCO)C(=O)c1ccc2c(c1)[nH]c(=O)n2CC(F)(F)F. The zero-order valence-corrected chi connectivity index (χ0v) is 11.6. The molecule has 0 atom stereocenters. The Labute approximate surface area is 122 Å². The molecule has 22 heavy (non-hydrogen) atoms. The van der Waals surface area contributed by atoms with Crippen LogP contribution in [-0.2, 0) is 6.54 Å². The number of likely N-dealkylation sites (N-methyl/N-ethyl adjacent to an activating group) is 1. The van der Waals surface area contributed by atoms with Gasteiger partial charge in [-0.2, -0.15) is 13.2 Å². The lowest BCUT2D eigenvalue weighted by molar-refractivity contribution is -0.140. The minimum atomic E-state index is -4.52. The first kappa shape index (κ1) is 16.1. The van der Waals surface area contributed by atoms with Crippen LogP contribution in [0.25, 0.3) is 11.0 Å². The fourth-order valence-electron chi connectivity index (χ4n) is 2.10. The zero-order chi connectivity index (χ0) is 16.5. The average molecular weight is 317 g/mol. The van der Waals surface area contributed by atoms with Crippen LogP contribution in [0, 0.1) is 0 Å². The molecule has 0 saturated carbocycles. The lowest BCUT2D eigenvalue weighted by Crippen LogP contribution is -2.29. The van der Waals surface area contributed by atoms with E-state index in [1.165, 1.54) is 30.1 Å². The van der Waals surface area contributed by atoms with Crippen molar-refractivity contribution in [1.82, 2.24) is 14.5 Å². The lowest BCUT2D eigenvalue weighted by atomic mass is 10.1. The van der Waals surface area contributed by atoms with Crippen LogP contribution in [0.3, 0.4) is 0 Å². The van der Waals surface area contributed by atoms with Crippen LogP contribution >= 0.6 is 0 Å². The van der Waals surface area contributed by atoms with Crippen LogP contribution in [0.4, 0.5) is 13.2 Å². The predicted molar refractivity (Wildman–Crippen MR) is 72.7 cm³/mol. The maximum atomic E-state index is 12.5. The first-order chi connectivity index (χ1) is 10.2. The van der Waals surface area contributed by atoms with Crippen LogP contribution in [0.5, 0.6) is 0 Å². The number of alkyl halides is 3. The van der Waals surface area contributed by atoms with E-state index in [2.05, 4.69) is 4.98 Å². The second kappa shape index (κ2) is 5.84. The van der Waals surface area contributed by atoms with Crippen molar-refractivity contribution < 1.29 is 23.1 Å². The van der Waals surface area contributed by atoms with Crippen molar-refractivity contribution >= 4 is 16.9 Å². The lowest BCUT2D eigenvalue weighted by Gasteiger charge is -2.15. The molecular formula is C13H14F3N3O3. The Hall–Kier alpha value is -2.29. The normalized spacial score (nSPS) is 11.9. The number of aromatic nitrogens is 2. The topological polar surface area (TPSA) is 78.3 Å². The molecule has 1 heterocycles.